The third-order valence-electron chi connectivity index (χ3n) is 3.94. The molecule has 0 saturated carbocycles. The first-order valence-electron chi connectivity index (χ1n) is 8.23. The molecule has 0 aliphatic heterocycles. The zero-order chi connectivity index (χ0) is 18.6. The Kier molecular flexibility index (Phi) is 5.00. The van der Waals surface area contributed by atoms with E-state index in [2.05, 4.69) is 20.7 Å². The lowest BCUT2D eigenvalue weighted by Gasteiger charge is -1.99. The molecule has 4 rings (SSSR count). The fraction of sp³-hybridized carbons (Fsp3) is 0.0500. The Bertz CT molecular complexity index is 1090. The van der Waals surface area contributed by atoms with Crippen LogP contribution in [0, 0.1) is 6.92 Å². The summed E-state index contributed by atoms with van der Waals surface area (Å²) in [6.07, 6.45) is 1.67. The monoisotopic (exact) mass is 394 g/mol. The number of benzene rings is 2. The van der Waals surface area contributed by atoms with Gasteiger partial charge >= 0.3 is 0 Å². The minimum atomic E-state index is 0.649. The number of halogens is 1. The van der Waals surface area contributed by atoms with Crippen molar-refractivity contribution in [1.82, 2.24) is 10.1 Å². The van der Waals surface area contributed by atoms with E-state index in [1.54, 1.807) is 6.21 Å². The lowest BCUT2D eigenvalue weighted by Crippen LogP contribution is -1.91. The Hall–Kier alpha value is -2.96. The summed E-state index contributed by atoms with van der Waals surface area (Å²) >= 11 is 7.58. The van der Waals surface area contributed by atoms with E-state index in [4.69, 9.17) is 16.1 Å². The van der Waals surface area contributed by atoms with Gasteiger partial charge in [-0.3, -0.25) is 5.43 Å². The van der Waals surface area contributed by atoms with Crippen LogP contribution in [0.25, 0.3) is 22.5 Å². The van der Waals surface area contributed by atoms with Crippen LogP contribution in [0.3, 0.4) is 0 Å². The third kappa shape index (κ3) is 3.77. The molecule has 0 bridgehead atoms. The van der Waals surface area contributed by atoms with E-state index in [0.29, 0.717) is 10.2 Å². The molecule has 0 aliphatic rings. The largest absolute Gasteiger partial charge is 0.360 e. The van der Waals surface area contributed by atoms with E-state index in [1.165, 1.54) is 11.3 Å². The van der Waals surface area contributed by atoms with Crippen molar-refractivity contribution >= 4 is 34.3 Å². The Morgan fingerprint density at radius 1 is 1.11 bits per heavy atom. The van der Waals surface area contributed by atoms with Gasteiger partial charge in [0.05, 0.1) is 17.5 Å². The van der Waals surface area contributed by atoms with Crippen LogP contribution < -0.4 is 5.43 Å². The van der Waals surface area contributed by atoms with Gasteiger partial charge in [-0.15, -0.1) is 11.3 Å². The maximum absolute atomic E-state index is 6.12. The first-order valence-corrected chi connectivity index (χ1v) is 9.49. The summed E-state index contributed by atoms with van der Waals surface area (Å²) in [7, 11) is 0. The summed E-state index contributed by atoms with van der Waals surface area (Å²) in [6, 6.07) is 17.4. The van der Waals surface area contributed by atoms with Crippen LogP contribution in [0.2, 0.25) is 5.02 Å². The number of hydrogen-bond donors (Lipinski definition) is 1. The number of anilines is 1. The first kappa shape index (κ1) is 17.5. The number of aromatic nitrogens is 2. The van der Waals surface area contributed by atoms with Gasteiger partial charge < -0.3 is 4.52 Å². The molecule has 0 atom stereocenters. The Morgan fingerprint density at radius 2 is 1.89 bits per heavy atom. The highest BCUT2D eigenvalue weighted by molar-refractivity contribution is 7.14. The van der Waals surface area contributed by atoms with Crippen molar-refractivity contribution in [2.75, 3.05) is 5.43 Å². The van der Waals surface area contributed by atoms with Crippen molar-refractivity contribution < 1.29 is 4.52 Å². The molecule has 0 aliphatic carbocycles. The van der Waals surface area contributed by atoms with Gasteiger partial charge in [-0.1, -0.05) is 65.3 Å². The van der Waals surface area contributed by atoms with Crippen LogP contribution in [-0.4, -0.2) is 16.4 Å². The van der Waals surface area contributed by atoms with Crippen LogP contribution in [0.1, 0.15) is 11.3 Å². The van der Waals surface area contributed by atoms with Crippen molar-refractivity contribution in [3.63, 3.8) is 0 Å². The van der Waals surface area contributed by atoms with Crippen molar-refractivity contribution in [2.45, 2.75) is 6.92 Å². The highest BCUT2D eigenvalue weighted by atomic mass is 35.5. The number of nitrogens with zero attached hydrogens (tertiary/aromatic N) is 3. The van der Waals surface area contributed by atoms with Crippen molar-refractivity contribution in [2.24, 2.45) is 5.10 Å². The zero-order valence-electron chi connectivity index (χ0n) is 14.4. The van der Waals surface area contributed by atoms with Crippen LogP contribution in [0.15, 0.2) is 69.6 Å². The summed E-state index contributed by atoms with van der Waals surface area (Å²) < 4.78 is 5.42. The normalized spacial score (nSPS) is 11.2. The second-order valence-electron chi connectivity index (χ2n) is 5.76. The molecule has 4 aromatic rings. The molecule has 0 radical (unpaired) electrons. The molecule has 0 fully saturated rings. The van der Waals surface area contributed by atoms with Crippen molar-refractivity contribution in [3.8, 4) is 22.5 Å². The molecule has 0 amide bonds. The Labute approximate surface area is 165 Å². The maximum Gasteiger partial charge on any atom is 0.203 e. The number of nitrogens with one attached hydrogen (secondary N) is 1. The molecule has 134 valence electrons. The Balaban J connectivity index is 1.57. The van der Waals surface area contributed by atoms with Crippen molar-refractivity contribution in [1.29, 1.82) is 0 Å². The number of thiazole rings is 1. The quantitative estimate of drug-likeness (QED) is 0.339. The van der Waals surface area contributed by atoms with E-state index in [-0.39, 0.29) is 0 Å². The van der Waals surface area contributed by atoms with E-state index < -0.39 is 0 Å². The molecule has 2 heterocycles. The summed E-state index contributed by atoms with van der Waals surface area (Å²) in [4.78, 5) is 4.61. The minimum Gasteiger partial charge on any atom is -0.360 e. The molecule has 5 nitrogen and oxygen atoms in total. The van der Waals surface area contributed by atoms with Crippen LogP contribution in [0.5, 0.6) is 0 Å². The third-order valence-corrected chi connectivity index (χ3v) is 5.03. The fourth-order valence-corrected chi connectivity index (χ4v) is 3.48. The van der Waals surface area contributed by atoms with Crippen LogP contribution in [0.4, 0.5) is 5.13 Å². The highest BCUT2D eigenvalue weighted by Gasteiger charge is 2.18. The molecule has 7 heteroatoms. The Morgan fingerprint density at radius 3 is 2.70 bits per heavy atom. The second kappa shape index (κ2) is 7.73. The number of rotatable bonds is 5. The van der Waals surface area contributed by atoms with Gasteiger partial charge in [-0.05, 0) is 13.0 Å². The average molecular weight is 395 g/mol. The second-order valence-corrected chi connectivity index (χ2v) is 7.02. The van der Waals surface area contributed by atoms with E-state index >= 15 is 0 Å². The average Bonchev–Trinajstić information content (AvgIpc) is 3.30. The van der Waals surface area contributed by atoms with E-state index in [1.807, 2.05) is 66.9 Å². The summed E-state index contributed by atoms with van der Waals surface area (Å²) in [5.74, 6) is 0.727. The van der Waals surface area contributed by atoms with Gasteiger partial charge in [0, 0.05) is 21.5 Å². The lowest BCUT2D eigenvalue weighted by molar-refractivity contribution is 0.400. The van der Waals surface area contributed by atoms with E-state index in [0.717, 1.165) is 33.8 Å². The summed E-state index contributed by atoms with van der Waals surface area (Å²) in [6.45, 7) is 1.89. The molecule has 1 N–H and O–H groups in total. The first-order chi connectivity index (χ1) is 13.2. The number of hydrogen-bond acceptors (Lipinski definition) is 6. The standard InChI is InChI=1S/C20H15ClN4OS/c1-13-18(19(25-26-13)14-7-3-2-4-8-14)17-12-27-20(23-17)24-22-11-15-9-5-6-10-16(15)21/h2-12H,1H3,(H,23,24). The fourth-order valence-electron chi connectivity index (χ4n) is 2.64. The van der Waals surface area contributed by atoms with E-state index in [9.17, 15) is 0 Å². The number of aryl methyl sites for hydroxylation is 1. The topological polar surface area (TPSA) is 63.3 Å². The predicted molar refractivity (Wildman–Crippen MR) is 110 cm³/mol. The zero-order valence-corrected chi connectivity index (χ0v) is 16.0. The molecular formula is C20H15ClN4OS. The highest BCUT2D eigenvalue weighted by Crippen LogP contribution is 2.35. The SMILES string of the molecule is Cc1onc(-c2ccccc2)c1-c1csc(NN=Cc2ccccc2Cl)n1. The van der Waals surface area contributed by atoms with Gasteiger partial charge in [0.25, 0.3) is 0 Å². The van der Waals surface area contributed by atoms with Gasteiger partial charge in [0.15, 0.2) is 0 Å². The smallest absolute Gasteiger partial charge is 0.203 e. The summed E-state index contributed by atoms with van der Waals surface area (Å²) in [5.41, 5.74) is 7.25. The van der Waals surface area contributed by atoms with Gasteiger partial charge in [0.2, 0.25) is 5.13 Å². The van der Waals surface area contributed by atoms with Crippen LogP contribution in [-0.2, 0) is 0 Å². The van der Waals surface area contributed by atoms with Crippen LogP contribution >= 0.6 is 22.9 Å². The molecule has 0 saturated heterocycles. The lowest BCUT2D eigenvalue weighted by atomic mass is 10.0. The molecular weight excluding hydrogens is 380 g/mol. The molecule has 2 aromatic carbocycles. The molecule has 0 spiro atoms. The van der Waals surface area contributed by atoms with Gasteiger partial charge in [-0.2, -0.15) is 5.10 Å². The van der Waals surface area contributed by atoms with Crippen molar-refractivity contribution in [3.05, 3.63) is 76.3 Å². The molecule has 0 unspecified atom stereocenters. The number of hydrazone groups is 1. The molecule has 2 aromatic heterocycles. The van der Waals surface area contributed by atoms with Gasteiger partial charge in [-0.25, -0.2) is 4.98 Å². The maximum atomic E-state index is 6.12. The minimum absolute atomic E-state index is 0.649. The summed E-state index contributed by atoms with van der Waals surface area (Å²) in [5, 5.41) is 11.7. The van der Waals surface area contributed by atoms with Gasteiger partial charge in [0.1, 0.15) is 11.5 Å². The predicted octanol–water partition coefficient (Wildman–Crippen LogP) is 5.87. The molecule has 27 heavy (non-hydrogen) atoms.